The second-order valence-corrected chi connectivity index (χ2v) is 7.80. The molecule has 0 bridgehead atoms. The number of rotatable bonds is 3. The van der Waals surface area contributed by atoms with E-state index in [1.807, 2.05) is 35.2 Å². The van der Waals surface area contributed by atoms with Crippen LogP contribution >= 0.6 is 0 Å². The molecule has 4 heteroatoms. The monoisotopic (exact) mass is 362 g/mol. The molecule has 1 aliphatic heterocycles. The van der Waals surface area contributed by atoms with E-state index in [4.69, 9.17) is 0 Å². The summed E-state index contributed by atoms with van der Waals surface area (Å²) in [6, 6.07) is 18.1. The van der Waals surface area contributed by atoms with Crippen molar-refractivity contribution in [1.82, 2.24) is 10.2 Å². The van der Waals surface area contributed by atoms with Gasteiger partial charge in [-0.15, -0.1) is 0 Å². The highest BCUT2D eigenvalue weighted by Gasteiger charge is 2.46. The molecular formula is C23H26N2O2. The standard InChI is InChI=1S/C23H26N2O2/c1-24-21(26)15-18-16-23(20-10-6-5-9-19(18)20)11-13-25(14-12-23)22(27)17-7-3-2-4-8-17/h2-10,18H,11-16H2,1H3,(H,24,26)/t18-/m1/s1. The molecule has 1 N–H and O–H groups in total. The zero-order valence-electron chi connectivity index (χ0n) is 15.8. The fraction of sp³-hybridized carbons (Fsp3) is 0.391. The average Bonchev–Trinajstić information content (AvgIpc) is 3.02. The number of carbonyl (C=O) groups excluding carboxylic acids is 2. The van der Waals surface area contributed by atoms with Crippen molar-refractivity contribution in [3.8, 4) is 0 Å². The second kappa shape index (κ2) is 7.18. The molecule has 2 amide bonds. The molecule has 2 aromatic carbocycles. The maximum atomic E-state index is 12.8. The molecule has 2 aliphatic rings. The van der Waals surface area contributed by atoms with E-state index < -0.39 is 0 Å². The summed E-state index contributed by atoms with van der Waals surface area (Å²) in [5.41, 5.74) is 3.58. The van der Waals surface area contributed by atoms with Crippen molar-refractivity contribution in [3.63, 3.8) is 0 Å². The number of carbonyl (C=O) groups is 2. The molecule has 0 radical (unpaired) electrons. The van der Waals surface area contributed by atoms with Gasteiger partial charge in [0.15, 0.2) is 0 Å². The van der Waals surface area contributed by atoms with Gasteiger partial charge in [0.05, 0.1) is 0 Å². The van der Waals surface area contributed by atoms with Crippen molar-refractivity contribution >= 4 is 11.8 Å². The minimum atomic E-state index is 0.0999. The second-order valence-electron chi connectivity index (χ2n) is 7.80. The van der Waals surface area contributed by atoms with Gasteiger partial charge in [0, 0.05) is 32.1 Å². The fourth-order valence-corrected chi connectivity index (χ4v) is 4.91. The largest absolute Gasteiger partial charge is 0.359 e. The van der Waals surface area contributed by atoms with Crippen molar-refractivity contribution in [2.45, 2.75) is 37.0 Å². The number of likely N-dealkylation sites (tertiary alicyclic amines) is 1. The molecule has 4 nitrogen and oxygen atoms in total. The van der Waals surface area contributed by atoms with E-state index in [1.165, 1.54) is 11.1 Å². The molecule has 1 heterocycles. The van der Waals surface area contributed by atoms with E-state index >= 15 is 0 Å². The molecule has 0 saturated carbocycles. The maximum absolute atomic E-state index is 12.8. The summed E-state index contributed by atoms with van der Waals surface area (Å²) in [4.78, 5) is 26.7. The van der Waals surface area contributed by atoms with Crippen LogP contribution < -0.4 is 5.32 Å². The van der Waals surface area contributed by atoms with Gasteiger partial charge >= 0.3 is 0 Å². The molecular weight excluding hydrogens is 336 g/mol. The number of amides is 2. The first kappa shape index (κ1) is 17.8. The number of piperidine rings is 1. The van der Waals surface area contributed by atoms with Gasteiger partial charge in [-0.05, 0) is 53.9 Å². The third-order valence-corrected chi connectivity index (χ3v) is 6.35. The molecule has 4 rings (SSSR count). The summed E-state index contributed by atoms with van der Waals surface area (Å²) in [5.74, 6) is 0.500. The van der Waals surface area contributed by atoms with Crippen LogP contribution in [-0.2, 0) is 10.2 Å². The van der Waals surface area contributed by atoms with Gasteiger partial charge in [0.2, 0.25) is 5.91 Å². The predicted molar refractivity (Wildman–Crippen MR) is 106 cm³/mol. The Balaban J connectivity index is 1.52. The molecule has 2 aromatic rings. The predicted octanol–water partition coefficient (Wildman–Crippen LogP) is 3.48. The molecule has 1 saturated heterocycles. The number of fused-ring (bicyclic) bond motifs is 2. The molecule has 1 aliphatic carbocycles. The highest BCUT2D eigenvalue weighted by molar-refractivity contribution is 5.94. The Labute approximate surface area is 160 Å². The minimum Gasteiger partial charge on any atom is -0.359 e. The molecule has 27 heavy (non-hydrogen) atoms. The Kier molecular flexibility index (Phi) is 4.73. The van der Waals surface area contributed by atoms with Crippen molar-refractivity contribution < 1.29 is 9.59 Å². The quantitative estimate of drug-likeness (QED) is 0.909. The van der Waals surface area contributed by atoms with Crippen LogP contribution in [0.4, 0.5) is 0 Å². The van der Waals surface area contributed by atoms with Crippen LogP contribution in [0.1, 0.15) is 53.1 Å². The van der Waals surface area contributed by atoms with Crippen LogP contribution in [0, 0.1) is 0 Å². The zero-order chi connectivity index (χ0) is 18.9. The van der Waals surface area contributed by atoms with Crippen molar-refractivity contribution in [1.29, 1.82) is 0 Å². The summed E-state index contributed by atoms with van der Waals surface area (Å²) < 4.78 is 0. The van der Waals surface area contributed by atoms with E-state index in [0.29, 0.717) is 6.42 Å². The summed E-state index contributed by atoms with van der Waals surface area (Å²) in [6.45, 7) is 1.55. The number of hydrogen-bond donors (Lipinski definition) is 1. The first-order chi connectivity index (χ1) is 13.1. The summed E-state index contributed by atoms with van der Waals surface area (Å²) in [5, 5.41) is 2.76. The lowest BCUT2D eigenvalue weighted by molar-refractivity contribution is -0.121. The zero-order valence-corrected chi connectivity index (χ0v) is 15.8. The SMILES string of the molecule is CNC(=O)C[C@@H]1CC2(CCN(C(=O)c3ccccc3)CC2)c2ccccc21. The van der Waals surface area contributed by atoms with Gasteiger partial charge < -0.3 is 10.2 Å². The molecule has 1 spiro atoms. The summed E-state index contributed by atoms with van der Waals surface area (Å²) >= 11 is 0. The molecule has 0 aromatic heterocycles. The lowest BCUT2D eigenvalue weighted by atomic mass is 9.73. The first-order valence-corrected chi connectivity index (χ1v) is 9.77. The molecule has 1 atom stereocenters. The first-order valence-electron chi connectivity index (χ1n) is 9.77. The van der Waals surface area contributed by atoms with E-state index in [2.05, 4.69) is 29.6 Å². The molecule has 0 unspecified atom stereocenters. The normalized spacial score (nSPS) is 20.3. The topological polar surface area (TPSA) is 49.4 Å². The Morgan fingerprint density at radius 2 is 1.70 bits per heavy atom. The Bertz CT molecular complexity index is 838. The van der Waals surface area contributed by atoms with Gasteiger partial charge in [-0.2, -0.15) is 0 Å². The Morgan fingerprint density at radius 3 is 2.41 bits per heavy atom. The van der Waals surface area contributed by atoms with Gasteiger partial charge in [-0.3, -0.25) is 9.59 Å². The van der Waals surface area contributed by atoms with Gasteiger partial charge in [-0.1, -0.05) is 42.5 Å². The maximum Gasteiger partial charge on any atom is 0.253 e. The van der Waals surface area contributed by atoms with E-state index in [0.717, 1.165) is 37.9 Å². The number of nitrogens with one attached hydrogen (secondary N) is 1. The number of hydrogen-bond acceptors (Lipinski definition) is 2. The fourth-order valence-electron chi connectivity index (χ4n) is 4.91. The van der Waals surface area contributed by atoms with Crippen LogP contribution in [0.25, 0.3) is 0 Å². The summed E-state index contributed by atoms with van der Waals surface area (Å²) in [6.07, 6.45) is 3.48. The van der Waals surface area contributed by atoms with Crippen molar-refractivity contribution in [2.75, 3.05) is 20.1 Å². The van der Waals surface area contributed by atoms with Crippen LogP contribution in [0.15, 0.2) is 54.6 Å². The highest BCUT2D eigenvalue weighted by Crippen LogP contribution is 2.52. The van der Waals surface area contributed by atoms with E-state index in [9.17, 15) is 9.59 Å². The third-order valence-electron chi connectivity index (χ3n) is 6.35. The van der Waals surface area contributed by atoms with Crippen LogP contribution in [0.3, 0.4) is 0 Å². The van der Waals surface area contributed by atoms with E-state index in [-0.39, 0.29) is 23.1 Å². The average molecular weight is 362 g/mol. The van der Waals surface area contributed by atoms with Crippen molar-refractivity contribution in [3.05, 3.63) is 71.3 Å². The highest BCUT2D eigenvalue weighted by atomic mass is 16.2. The van der Waals surface area contributed by atoms with Crippen LogP contribution in [0.5, 0.6) is 0 Å². The molecule has 1 fully saturated rings. The van der Waals surface area contributed by atoms with Gasteiger partial charge in [-0.25, -0.2) is 0 Å². The number of benzene rings is 2. The molecule has 140 valence electrons. The Morgan fingerprint density at radius 1 is 1.04 bits per heavy atom. The van der Waals surface area contributed by atoms with Crippen LogP contribution in [0.2, 0.25) is 0 Å². The number of nitrogens with zero attached hydrogens (tertiary/aromatic N) is 1. The van der Waals surface area contributed by atoms with Crippen molar-refractivity contribution in [2.24, 2.45) is 0 Å². The minimum absolute atomic E-state index is 0.0999. The lowest BCUT2D eigenvalue weighted by Gasteiger charge is -2.40. The lowest BCUT2D eigenvalue weighted by Crippen LogP contribution is -2.44. The van der Waals surface area contributed by atoms with Gasteiger partial charge in [0.25, 0.3) is 5.91 Å². The van der Waals surface area contributed by atoms with E-state index in [1.54, 1.807) is 7.05 Å². The Hall–Kier alpha value is -2.62. The smallest absolute Gasteiger partial charge is 0.253 e. The van der Waals surface area contributed by atoms with Gasteiger partial charge in [0.1, 0.15) is 0 Å². The summed E-state index contributed by atoms with van der Waals surface area (Å²) in [7, 11) is 1.70. The van der Waals surface area contributed by atoms with Crippen LogP contribution in [-0.4, -0.2) is 36.9 Å². The third kappa shape index (κ3) is 3.25.